The molecule has 0 bridgehead atoms. The maximum absolute atomic E-state index is 12.7. The number of hydrogen-bond donors (Lipinski definition) is 1. The first-order valence-electron chi connectivity index (χ1n) is 12.2. The number of benzene rings is 3. The van der Waals surface area contributed by atoms with Gasteiger partial charge >= 0.3 is 35.5 Å². The fourth-order valence-corrected chi connectivity index (χ4v) is 5.40. The number of nitrogens with zero attached hydrogens (tertiary/aromatic N) is 1. The molecule has 0 saturated heterocycles. The third-order valence-electron chi connectivity index (χ3n) is 6.70. The van der Waals surface area contributed by atoms with Crippen LogP contribution in [-0.2, 0) is 6.61 Å². The number of carbonyl (C=O) groups is 2. The Morgan fingerprint density at radius 2 is 1.51 bits per heavy atom. The maximum atomic E-state index is 12.7. The number of ether oxygens (including phenoxy) is 1. The second-order valence-electron chi connectivity index (χ2n) is 9.14. The van der Waals surface area contributed by atoms with Crippen LogP contribution in [0, 0.1) is 0 Å². The number of carboxylic acids is 1. The minimum absolute atomic E-state index is 0. The Morgan fingerprint density at radius 1 is 0.865 bits per heavy atom. The molecule has 0 atom stereocenters. The summed E-state index contributed by atoms with van der Waals surface area (Å²) in [5.74, 6) is 0.239. The second kappa shape index (κ2) is 12.7. The van der Waals surface area contributed by atoms with Crippen LogP contribution in [0.5, 0.6) is 5.75 Å². The number of carbonyl (C=O) groups excluding carboxylic acids is 1. The SMILES string of the molecule is O=C(O)c1ccc(C(=O)c2nc(-c3ccc(OCc4ccc(C5CCCCC5)cc4)cc3)cs2)cc1.[NaH]. The van der Waals surface area contributed by atoms with E-state index in [9.17, 15) is 9.59 Å². The predicted molar refractivity (Wildman–Crippen MR) is 148 cm³/mol. The Hall–Kier alpha value is -2.77. The Balaban J connectivity index is 0.00000320. The van der Waals surface area contributed by atoms with Gasteiger partial charge in [0, 0.05) is 16.5 Å². The van der Waals surface area contributed by atoms with Crippen molar-refractivity contribution in [3.63, 3.8) is 0 Å². The van der Waals surface area contributed by atoms with Crippen molar-refractivity contribution >= 4 is 52.6 Å². The molecule has 0 amide bonds. The molecule has 1 fully saturated rings. The minimum atomic E-state index is -1.02. The number of rotatable bonds is 8. The van der Waals surface area contributed by atoms with Gasteiger partial charge in [0.1, 0.15) is 12.4 Å². The summed E-state index contributed by atoms with van der Waals surface area (Å²) in [6.45, 7) is 0.514. The molecule has 1 saturated carbocycles. The normalized spacial score (nSPS) is 13.5. The van der Waals surface area contributed by atoms with Crippen LogP contribution in [0.3, 0.4) is 0 Å². The van der Waals surface area contributed by atoms with Crippen molar-refractivity contribution in [3.05, 3.63) is 105 Å². The fourth-order valence-electron chi connectivity index (χ4n) is 4.61. The van der Waals surface area contributed by atoms with Crippen molar-refractivity contribution < 1.29 is 19.4 Å². The van der Waals surface area contributed by atoms with Gasteiger partial charge < -0.3 is 9.84 Å². The molecule has 0 spiro atoms. The molecule has 184 valence electrons. The molecule has 1 heterocycles. The van der Waals surface area contributed by atoms with E-state index < -0.39 is 5.97 Å². The molecule has 0 aliphatic heterocycles. The summed E-state index contributed by atoms with van der Waals surface area (Å²) >= 11 is 1.27. The van der Waals surface area contributed by atoms with Gasteiger partial charge in [-0.25, -0.2) is 9.78 Å². The van der Waals surface area contributed by atoms with E-state index in [-0.39, 0.29) is 40.9 Å². The zero-order valence-corrected chi connectivity index (χ0v) is 20.7. The van der Waals surface area contributed by atoms with Crippen molar-refractivity contribution in [2.75, 3.05) is 0 Å². The van der Waals surface area contributed by atoms with Crippen molar-refractivity contribution in [3.8, 4) is 17.0 Å². The predicted octanol–water partition coefficient (Wildman–Crippen LogP) is 6.72. The summed E-state index contributed by atoms with van der Waals surface area (Å²) in [6.07, 6.45) is 6.65. The van der Waals surface area contributed by atoms with Gasteiger partial charge in [0.2, 0.25) is 5.78 Å². The Bertz CT molecular complexity index is 1340. The molecule has 1 aromatic heterocycles. The van der Waals surface area contributed by atoms with Crippen molar-refractivity contribution in [2.24, 2.45) is 0 Å². The molecule has 1 N–H and O–H groups in total. The first kappa shape index (κ1) is 27.3. The van der Waals surface area contributed by atoms with Crippen LogP contribution in [-0.4, -0.2) is 51.4 Å². The quantitative estimate of drug-likeness (QED) is 0.206. The van der Waals surface area contributed by atoms with Crippen molar-refractivity contribution in [1.29, 1.82) is 0 Å². The Labute approximate surface area is 242 Å². The first-order chi connectivity index (χ1) is 17.6. The van der Waals surface area contributed by atoms with Gasteiger partial charge in [0.05, 0.1) is 11.3 Å². The van der Waals surface area contributed by atoms with Gasteiger partial charge in [0.25, 0.3) is 0 Å². The van der Waals surface area contributed by atoms with Crippen molar-refractivity contribution in [2.45, 2.75) is 44.6 Å². The second-order valence-corrected chi connectivity index (χ2v) is 10.00. The number of thiazole rings is 1. The van der Waals surface area contributed by atoms with E-state index >= 15 is 0 Å². The number of carboxylic acid groups (broad SMARTS) is 1. The third-order valence-corrected chi connectivity index (χ3v) is 7.55. The average molecular weight is 522 g/mol. The molecule has 1 aliphatic rings. The monoisotopic (exact) mass is 521 g/mol. The van der Waals surface area contributed by atoms with Gasteiger partial charge in [-0.3, -0.25) is 4.79 Å². The molecule has 5 rings (SSSR count). The van der Waals surface area contributed by atoms with E-state index in [0.717, 1.165) is 22.6 Å². The molecule has 0 radical (unpaired) electrons. The van der Waals surface area contributed by atoms with Gasteiger partial charge in [-0.05, 0) is 66.3 Å². The van der Waals surface area contributed by atoms with E-state index in [0.29, 0.717) is 23.1 Å². The summed E-state index contributed by atoms with van der Waals surface area (Å²) in [4.78, 5) is 28.2. The van der Waals surface area contributed by atoms with Crippen LogP contribution < -0.4 is 4.74 Å². The number of aromatic carboxylic acids is 1. The molecule has 7 heteroatoms. The molecular weight excluding hydrogens is 493 g/mol. The zero-order valence-electron chi connectivity index (χ0n) is 19.9. The molecule has 1 aliphatic carbocycles. The van der Waals surface area contributed by atoms with Gasteiger partial charge in [-0.2, -0.15) is 0 Å². The van der Waals surface area contributed by atoms with Crippen LogP contribution in [0.2, 0.25) is 0 Å². The third kappa shape index (κ3) is 6.76. The van der Waals surface area contributed by atoms with E-state index in [1.165, 1.54) is 73.3 Å². The summed E-state index contributed by atoms with van der Waals surface area (Å²) in [5, 5.41) is 11.2. The molecule has 0 unspecified atom stereocenters. The number of aromatic nitrogens is 1. The summed E-state index contributed by atoms with van der Waals surface area (Å²) in [6, 6.07) is 22.4. The van der Waals surface area contributed by atoms with Crippen LogP contribution >= 0.6 is 11.3 Å². The Morgan fingerprint density at radius 3 is 2.16 bits per heavy atom. The number of hydrogen-bond acceptors (Lipinski definition) is 5. The van der Waals surface area contributed by atoms with Crippen LogP contribution in [0.4, 0.5) is 0 Å². The first-order valence-corrected chi connectivity index (χ1v) is 13.1. The topological polar surface area (TPSA) is 76.5 Å². The molecule has 4 aromatic rings. The molecule has 5 nitrogen and oxygen atoms in total. The molecule has 3 aromatic carbocycles. The summed E-state index contributed by atoms with van der Waals surface area (Å²) in [7, 11) is 0. The summed E-state index contributed by atoms with van der Waals surface area (Å²) < 4.78 is 5.98. The van der Waals surface area contributed by atoms with E-state index in [1.54, 1.807) is 0 Å². The number of ketones is 1. The van der Waals surface area contributed by atoms with Gasteiger partial charge in [-0.15, -0.1) is 11.3 Å². The van der Waals surface area contributed by atoms with Crippen molar-refractivity contribution in [1.82, 2.24) is 4.98 Å². The van der Waals surface area contributed by atoms with E-state index in [1.807, 2.05) is 29.6 Å². The van der Waals surface area contributed by atoms with Crippen LogP contribution in [0.1, 0.15) is 74.9 Å². The standard InChI is InChI=1S/C30H27NO4S.Na.H/c32-28(24-10-12-25(13-11-24)30(33)34)29-31-27(19-36-29)23-14-16-26(17-15-23)35-18-20-6-8-22(9-7-20)21-4-2-1-3-5-21;;/h6-17,19,21H,1-5,18H2,(H,33,34);;. The summed E-state index contributed by atoms with van der Waals surface area (Å²) in [5.41, 5.74) is 4.77. The van der Waals surface area contributed by atoms with Gasteiger partial charge in [0.15, 0.2) is 5.01 Å². The van der Waals surface area contributed by atoms with Crippen LogP contribution in [0.25, 0.3) is 11.3 Å². The Kier molecular flexibility index (Phi) is 9.33. The van der Waals surface area contributed by atoms with Gasteiger partial charge in [-0.1, -0.05) is 55.7 Å². The molecule has 37 heavy (non-hydrogen) atoms. The average Bonchev–Trinajstić information content (AvgIpc) is 3.43. The van der Waals surface area contributed by atoms with E-state index in [2.05, 4.69) is 29.2 Å². The molecular formula is C30H28NNaO4S. The zero-order chi connectivity index (χ0) is 24.9. The van der Waals surface area contributed by atoms with Crippen LogP contribution in [0.15, 0.2) is 78.2 Å². The van der Waals surface area contributed by atoms with E-state index in [4.69, 9.17) is 9.84 Å². The fraction of sp³-hybridized carbons (Fsp3) is 0.233.